The first-order valence-electron chi connectivity index (χ1n) is 6.58. The van der Waals surface area contributed by atoms with Gasteiger partial charge in [-0.1, -0.05) is 0 Å². The van der Waals surface area contributed by atoms with Gasteiger partial charge >= 0.3 is 60.3 Å². The quantitative estimate of drug-likeness (QED) is 0.405. The van der Waals surface area contributed by atoms with Crippen LogP contribution in [-0.4, -0.2) is 65.4 Å². The molecule has 198 valence electrons. The van der Waals surface area contributed by atoms with Crippen molar-refractivity contribution in [2.24, 2.45) is 0 Å². The van der Waals surface area contributed by atoms with Gasteiger partial charge in [0.2, 0.25) is 0 Å². The summed E-state index contributed by atoms with van der Waals surface area (Å²) in [4.78, 5) is 10.1. The summed E-state index contributed by atoms with van der Waals surface area (Å²) < 4.78 is 244. The number of ether oxygens (including phenoxy) is 2. The summed E-state index contributed by atoms with van der Waals surface area (Å²) >= 11 is 0. The molecule has 33 heavy (non-hydrogen) atoms. The fourth-order valence-corrected chi connectivity index (χ4v) is 1.50. The van der Waals surface area contributed by atoms with E-state index in [1.807, 2.05) is 0 Å². The SMILES string of the molecule is O=C(O)C(F)(C(F)(F)F)C(F)(F)OC(F)(F)C(F)(C(F)(F)F)C(F)(F)OC(F)(F)C(F)(F)F. The standard InChI is InChI=1S/C10HF19O4/c11-2(1(30)31,4(13,14)15)7(22,23)32-8(24,25)3(12,5(16,17)18)9(26,27)33-10(28,29)6(19,20)21/h(H,30,31). The molecule has 0 bridgehead atoms. The molecule has 2 unspecified atom stereocenters. The Hall–Kier alpha value is -1.94. The van der Waals surface area contributed by atoms with E-state index in [0.717, 1.165) is 9.47 Å². The van der Waals surface area contributed by atoms with E-state index in [-0.39, 0.29) is 0 Å². The predicted octanol–water partition coefficient (Wildman–Crippen LogP) is 5.58. The number of carboxylic acids is 1. The molecule has 0 amide bonds. The van der Waals surface area contributed by atoms with Crippen molar-refractivity contribution in [3.05, 3.63) is 0 Å². The van der Waals surface area contributed by atoms with Crippen molar-refractivity contribution < 1.29 is 103 Å². The second-order valence-electron chi connectivity index (χ2n) is 5.39. The number of alkyl halides is 19. The Bertz CT molecular complexity index is 734. The minimum absolute atomic E-state index is 1.06. The molecule has 0 aromatic rings. The van der Waals surface area contributed by atoms with Gasteiger partial charge in [-0.3, -0.25) is 0 Å². The Balaban J connectivity index is 6.88. The summed E-state index contributed by atoms with van der Waals surface area (Å²) in [6, 6.07) is 0. The second kappa shape index (κ2) is 7.80. The van der Waals surface area contributed by atoms with Crippen molar-refractivity contribution >= 4 is 5.97 Å². The van der Waals surface area contributed by atoms with E-state index in [1.165, 1.54) is 0 Å². The Morgan fingerprint density at radius 1 is 0.455 bits per heavy atom. The number of halogens is 19. The molecule has 23 heteroatoms. The minimum atomic E-state index is -8.66. The maximum atomic E-state index is 13.7. The monoisotopic (exact) mass is 546 g/mol. The van der Waals surface area contributed by atoms with Gasteiger partial charge < -0.3 is 5.11 Å². The topological polar surface area (TPSA) is 55.8 Å². The van der Waals surface area contributed by atoms with E-state index in [4.69, 9.17) is 5.11 Å². The van der Waals surface area contributed by atoms with E-state index < -0.39 is 60.3 Å². The molecule has 0 aliphatic heterocycles. The van der Waals surface area contributed by atoms with Crippen LogP contribution >= 0.6 is 0 Å². The maximum absolute atomic E-state index is 13.7. The van der Waals surface area contributed by atoms with Gasteiger partial charge in [0.05, 0.1) is 0 Å². The molecular weight excluding hydrogens is 545 g/mol. The molecule has 0 heterocycles. The van der Waals surface area contributed by atoms with Crippen LogP contribution in [0.4, 0.5) is 83.4 Å². The van der Waals surface area contributed by atoms with Gasteiger partial charge in [-0.2, -0.15) is 74.6 Å². The zero-order valence-corrected chi connectivity index (χ0v) is 13.9. The van der Waals surface area contributed by atoms with Crippen LogP contribution < -0.4 is 0 Å². The molecule has 0 aromatic carbocycles. The zero-order valence-electron chi connectivity index (χ0n) is 13.9. The van der Waals surface area contributed by atoms with Crippen LogP contribution in [-0.2, 0) is 14.3 Å². The molecule has 0 rings (SSSR count). The van der Waals surface area contributed by atoms with Crippen molar-refractivity contribution in [2.45, 2.75) is 54.3 Å². The molecule has 0 aliphatic rings. The third-order valence-electron chi connectivity index (χ3n) is 3.12. The minimum Gasteiger partial charge on any atom is -0.478 e. The summed E-state index contributed by atoms with van der Waals surface area (Å²) in [5.74, 6) is -4.58. The third-order valence-corrected chi connectivity index (χ3v) is 3.12. The van der Waals surface area contributed by atoms with Crippen LogP contribution in [0.3, 0.4) is 0 Å². The highest BCUT2D eigenvalue weighted by Gasteiger charge is 2.90. The predicted molar refractivity (Wildman–Crippen MR) is 55.4 cm³/mol. The molecule has 0 fully saturated rings. The number of aliphatic carboxylic acids is 1. The van der Waals surface area contributed by atoms with Crippen molar-refractivity contribution in [2.75, 3.05) is 0 Å². The smallest absolute Gasteiger partial charge is 0.478 e. The van der Waals surface area contributed by atoms with Crippen LogP contribution in [0.1, 0.15) is 0 Å². The highest BCUT2D eigenvalue weighted by molar-refractivity contribution is 5.79. The molecule has 0 saturated heterocycles. The first-order valence-corrected chi connectivity index (χ1v) is 6.58. The molecule has 0 saturated carbocycles. The van der Waals surface area contributed by atoms with Crippen molar-refractivity contribution in [1.29, 1.82) is 0 Å². The Kier molecular flexibility index (Phi) is 7.34. The fraction of sp³-hybridized carbons (Fsp3) is 0.900. The maximum Gasteiger partial charge on any atom is 0.483 e. The largest absolute Gasteiger partial charge is 0.483 e. The van der Waals surface area contributed by atoms with Crippen molar-refractivity contribution in [3.8, 4) is 0 Å². The first-order chi connectivity index (χ1) is 13.9. The molecule has 0 aliphatic carbocycles. The van der Waals surface area contributed by atoms with Crippen LogP contribution in [0.15, 0.2) is 0 Å². The van der Waals surface area contributed by atoms with Crippen LogP contribution in [0.5, 0.6) is 0 Å². The van der Waals surface area contributed by atoms with Gasteiger partial charge in [0, 0.05) is 0 Å². The molecule has 2 atom stereocenters. The van der Waals surface area contributed by atoms with Gasteiger partial charge in [-0.15, -0.1) is 0 Å². The number of carbonyl (C=O) groups is 1. The van der Waals surface area contributed by atoms with Gasteiger partial charge in [0.25, 0.3) is 0 Å². The summed E-state index contributed by atoms with van der Waals surface area (Å²) in [6.07, 6.45) is -55.9. The number of hydrogen-bond donors (Lipinski definition) is 1. The molecule has 1 N–H and O–H groups in total. The Morgan fingerprint density at radius 2 is 0.758 bits per heavy atom. The first kappa shape index (κ1) is 31.1. The Labute approximate surface area is 164 Å². The van der Waals surface area contributed by atoms with E-state index >= 15 is 0 Å². The average Bonchev–Trinajstić information content (AvgIpc) is 2.46. The lowest BCUT2D eigenvalue weighted by atomic mass is 10.0. The number of carboxylic acid groups (broad SMARTS) is 1. The molecule has 0 spiro atoms. The third kappa shape index (κ3) is 4.82. The van der Waals surface area contributed by atoms with Crippen molar-refractivity contribution in [3.63, 3.8) is 0 Å². The van der Waals surface area contributed by atoms with Crippen LogP contribution in [0.25, 0.3) is 0 Å². The summed E-state index contributed by atoms with van der Waals surface area (Å²) in [5, 5.41) is 7.85. The van der Waals surface area contributed by atoms with Crippen molar-refractivity contribution in [1.82, 2.24) is 0 Å². The second-order valence-corrected chi connectivity index (χ2v) is 5.39. The molecular formula is C10HF19O4. The Morgan fingerprint density at radius 3 is 0.970 bits per heavy atom. The van der Waals surface area contributed by atoms with Crippen LogP contribution in [0.2, 0.25) is 0 Å². The summed E-state index contributed by atoms with van der Waals surface area (Å²) in [6.45, 7) is 0. The molecule has 0 radical (unpaired) electrons. The number of rotatable bonds is 8. The van der Waals surface area contributed by atoms with E-state index in [0.29, 0.717) is 0 Å². The lowest BCUT2D eigenvalue weighted by Gasteiger charge is -2.41. The average molecular weight is 546 g/mol. The van der Waals surface area contributed by atoms with E-state index in [1.54, 1.807) is 0 Å². The highest BCUT2D eigenvalue weighted by atomic mass is 19.4. The normalized spacial score (nSPS) is 19.1. The zero-order chi connectivity index (χ0) is 27.5. The lowest BCUT2D eigenvalue weighted by molar-refractivity contribution is -0.545. The highest BCUT2D eigenvalue weighted by Crippen LogP contribution is 2.59. The van der Waals surface area contributed by atoms with Gasteiger partial charge in [0.1, 0.15) is 0 Å². The van der Waals surface area contributed by atoms with E-state index in [9.17, 15) is 88.2 Å². The van der Waals surface area contributed by atoms with Gasteiger partial charge in [-0.25, -0.2) is 23.0 Å². The fourth-order valence-electron chi connectivity index (χ4n) is 1.50. The van der Waals surface area contributed by atoms with Gasteiger partial charge in [-0.05, 0) is 0 Å². The number of hydrogen-bond acceptors (Lipinski definition) is 3. The lowest BCUT2D eigenvalue weighted by Crippen LogP contribution is -2.72. The molecule has 0 aromatic heterocycles. The summed E-state index contributed by atoms with van der Waals surface area (Å²) in [7, 11) is 0. The summed E-state index contributed by atoms with van der Waals surface area (Å²) in [5.41, 5.74) is -16.2. The molecule has 4 nitrogen and oxygen atoms in total. The van der Waals surface area contributed by atoms with Crippen LogP contribution in [0, 0.1) is 0 Å². The van der Waals surface area contributed by atoms with E-state index in [2.05, 4.69) is 0 Å². The van der Waals surface area contributed by atoms with Gasteiger partial charge in [0.15, 0.2) is 0 Å².